The Morgan fingerprint density at radius 2 is 1.29 bits per heavy atom. The molecule has 0 amide bonds. The number of hydrogen-bond acceptors (Lipinski definition) is 1. The van der Waals surface area contributed by atoms with Crippen molar-refractivity contribution in [2.24, 2.45) is 0 Å². The van der Waals surface area contributed by atoms with Crippen molar-refractivity contribution in [1.82, 2.24) is 0 Å². The van der Waals surface area contributed by atoms with Gasteiger partial charge in [-0.15, -0.1) is 0 Å². The zero-order valence-corrected chi connectivity index (χ0v) is 11.6. The maximum absolute atomic E-state index is 11.5. The van der Waals surface area contributed by atoms with Crippen molar-refractivity contribution < 1.29 is 4.79 Å². The van der Waals surface area contributed by atoms with Gasteiger partial charge < -0.3 is 0 Å². The van der Waals surface area contributed by atoms with Crippen LogP contribution < -0.4 is 0 Å². The van der Waals surface area contributed by atoms with Gasteiger partial charge in [-0.25, -0.2) is 0 Å². The molecule has 0 heterocycles. The first-order valence-corrected chi connectivity index (χ1v) is 7.13. The first kappa shape index (κ1) is 16.1. The van der Waals surface area contributed by atoms with E-state index in [2.05, 4.69) is 38.2 Å². The molecule has 0 aromatic heterocycles. The lowest BCUT2D eigenvalue weighted by Crippen LogP contribution is -1.96. The second-order valence-electron chi connectivity index (χ2n) is 4.44. The van der Waals surface area contributed by atoms with E-state index in [1.54, 1.807) is 0 Å². The number of ketones is 1. The van der Waals surface area contributed by atoms with Gasteiger partial charge in [-0.3, -0.25) is 4.79 Å². The van der Waals surface area contributed by atoms with E-state index in [0.717, 1.165) is 57.8 Å². The van der Waals surface area contributed by atoms with Crippen molar-refractivity contribution in [2.45, 2.75) is 71.6 Å². The van der Waals surface area contributed by atoms with Crippen LogP contribution in [-0.2, 0) is 4.79 Å². The van der Waals surface area contributed by atoms with Crippen molar-refractivity contribution in [3.63, 3.8) is 0 Å². The molecule has 0 aliphatic rings. The Morgan fingerprint density at radius 1 is 0.765 bits per heavy atom. The molecule has 0 spiro atoms. The smallest absolute Gasteiger partial charge is 0.132 e. The molecule has 0 N–H and O–H groups in total. The second-order valence-corrected chi connectivity index (χ2v) is 4.44. The lowest BCUT2D eigenvalue weighted by molar-refractivity contribution is -0.119. The number of carbonyl (C=O) groups is 1. The van der Waals surface area contributed by atoms with Crippen molar-refractivity contribution in [1.29, 1.82) is 0 Å². The van der Waals surface area contributed by atoms with Crippen LogP contribution in [0.3, 0.4) is 0 Å². The van der Waals surface area contributed by atoms with Gasteiger partial charge in [0, 0.05) is 12.8 Å². The summed E-state index contributed by atoms with van der Waals surface area (Å²) in [5.74, 6) is 0.439. The van der Waals surface area contributed by atoms with E-state index >= 15 is 0 Å². The molecule has 0 radical (unpaired) electrons. The summed E-state index contributed by atoms with van der Waals surface area (Å²) in [5.41, 5.74) is 0. The van der Waals surface area contributed by atoms with Crippen LogP contribution in [0.5, 0.6) is 0 Å². The molecule has 0 aliphatic heterocycles. The average molecular weight is 236 g/mol. The molecule has 1 nitrogen and oxygen atoms in total. The summed E-state index contributed by atoms with van der Waals surface area (Å²) in [5, 5.41) is 0. The molecule has 0 rings (SSSR count). The van der Waals surface area contributed by atoms with E-state index in [-0.39, 0.29) is 0 Å². The molecule has 0 bridgehead atoms. The zero-order chi connectivity index (χ0) is 12.8. The summed E-state index contributed by atoms with van der Waals surface area (Å²) in [6, 6.07) is 0. The van der Waals surface area contributed by atoms with Crippen LogP contribution in [0, 0.1) is 0 Å². The highest BCUT2D eigenvalue weighted by molar-refractivity contribution is 5.78. The number of allylic oxidation sites excluding steroid dienone is 4. The van der Waals surface area contributed by atoms with E-state index in [9.17, 15) is 4.79 Å². The number of hydrogen-bond donors (Lipinski definition) is 0. The summed E-state index contributed by atoms with van der Waals surface area (Å²) < 4.78 is 0. The highest BCUT2D eigenvalue weighted by Crippen LogP contribution is 2.06. The number of carbonyl (C=O) groups excluding carboxylic acids is 1. The van der Waals surface area contributed by atoms with Gasteiger partial charge in [-0.05, 0) is 44.9 Å². The Hall–Kier alpha value is -0.850. The molecule has 98 valence electrons. The van der Waals surface area contributed by atoms with Gasteiger partial charge in [0.1, 0.15) is 5.78 Å². The molecule has 0 atom stereocenters. The third-order valence-corrected chi connectivity index (χ3v) is 2.71. The molecule has 0 aromatic carbocycles. The van der Waals surface area contributed by atoms with E-state index in [0.29, 0.717) is 5.78 Å². The van der Waals surface area contributed by atoms with Crippen LogP contribution in [0.2, 0.25) is 0 Å². The molecule has 0 fully saturated rings. The molecule has 0 aliphatic carbocycles. The Labute approximate surface area is 107 Å². The van der Waals surface area contributed by atoms with Gasteiger partial charge >= 0.3 is 0 Å². The third-order valence-electron chi connectivity index (χ3n) is 2.71. The fourth-order valence-electron chi connectivity index (χ4n) is 1.70. The lowest BCUT2D eigenvalue weighted by Gasteiger charge is -1.99. The van der Waals surface area contributed by atoms with Crippen LogP contribution in [0.1, 0.15) is 71.6 Å². The Morgan fingerprint density at radius 3 is 1.88 bits per heavy atom. The number of Topliss-reactive ketones (excluding diaryl/α,β-unsaturated/α-hetero) is 1. The molecular weight excluding hydrogens is 208 g/mol. The van der Waals surface area contributed by atoms with Crippen LogP contribution >= 0.6 is 0 Å². The minimum absolute atomic E-state index is 0.439. The average Bonchev–Trinajstić information content (AvgIpc) is 2.33. The first-order chi connectivity index (χ1) is 8.31. The minimum Gasteiger partial charge on any atom is -0.300 e. The highest BCUT2D eigenvalue weighted by Gasteiger charge is 2.00. The highest BCUT2D eigenvalue weighted by atomic mass is 16.1. The minimum atomic E-state index is 0.439. The number of unbranched alkanes of at least 4 members (excludes halogenated alkanes) is 3. The normalized spacial score (nSPS) is 11.6. The summed E-state index contributed by atoms with van der Waals surface area (Å²) in [7, 11) is 0. The van der Waals surface area contributed by atoms with Gasteiger partial charge in [-0.2, -0.15) is 0 Å². The van der Waals surface area contributed by atoms with Gasteiger partial charge in [0.05, 0.1) is 0 Å². The summed E-state index contributed by atoms with van der Waals surface area (Å²) in [6.07, 6.45) is 17.9. The van der Waals surface area contributed by atoms with Crippen molar-refractivity contribution >= 4 is 5.78 Å². The maximum atomic E-state index is 11.5. The monoisotopic (exact) mass is 236 g/mol. The fourth-order valence-corrected chi connectivity index (χ4v) is 1.70. The van der Waals surface area contributed by atoms with E-state index in [1.165, 1.54) is 0 Å². The SMILES string of the molecule is CC/C=C/CCCCC(=O)CCC/C=C/CC. The topological polar surface area (TPSA) is 17.1 Å². The molecule has 1 heteroatoms. The lowest BCUT2D eigenvalue weighted by atomic mass is 10.1. The Balaban J connectivity index is 3.29. The summed E-state index contributed by atoms with van der Waals surface area (Å²) in [4.78, 5) is 11.5. The van der Waals surface area contributed by atoms with Crippen molar-refractivity contribution in [3.05, 3.63) is 24.3 Å². The van der Waals surface area contributed by atoms with Crippen LogP contribution in [0.4, 0.5) is 0 Å². The van der Waals surface area contributed by atoms with E-state index < -0.39 is 0 Å². The molecular formula is C16H28O. The van der Waals surface area contributed by atoms with Gasteiger partial charge in [0.2, 0.25) is 0 Å². The fraction of sp³-hybridized carbons (Fsp3) is 0.688. The van der Waals surface area contributed by atoms with Crippen molar-refractivity contribution in [2.75, 3.05) is 0 Å². The van der Waals surface area contributed by atoms with Gasteiger partial charge in [0.15, 0.2) is 0 Å². The van der Waals surface area contributed by atoms with E-state index in [1.807, 2.05) is 0 Å². The molecule has 0 saturated heterocycles. The molecule has 0 unspecified atom stereocenters. The van der Waals surface area contributed by atoms with Crippen molar-refractivity contribution in [3.8, 4) is 0 Å². The standard InChI is InChI=1S/C16H28O/c1-3-5-7-9-11-13-15-16(17)14-12-10-8-6-4-2/h5-8H,3-4,9-15H2,1-2H3/b7-5+,8-6+. The predicted octanol–water partition coefficient (Wildman–Crippen LogP) is 5.22. The largest absolute Gasteiger partial charge is 0.300 e. The third kappa shape index (κ3) is 13.1. The zero-order valence-electron chi connectivity index (χ0n) is 11.6. The second kappa shape index (κ2) is 13.2. The summed E-state index contributed by atoms with van der Waals surface area (Å²) in [6.45, 7) is 4.28. The number of rotatable bonds is 11. The Bertz CT molecular complexity index is 226. The predicted molar refractivity (Wildman–Crippen MR) is 76.2 cm³/mol. The molecule has 0 aromatic rings. The van der Waals surface area contributed by atoms with Gasteiger partial charge in [-0.1, -0.05) is 38.2 Å². The molecule has 17 heavy (non-hydrogen) atoms. The summed E-state index contributed by atoms with van der Waals surface area (Å²) >= 11 is 0. The maximum Gasteiger partial charge on any atom is 0.132 e. The molecule has 0 saturated carbocycles. The quantitative estimate of drug-likeness (QED) is 0.355. The van der Waals surface area contributed by atoms with Crippen LogP contribution in [0.15, 0.2) is 24.3 Å². The first-order valence-electron chi connectivity index (χ1n) is 7.13. The Kier molecular flexibility index (Phi) is 12.6. The van der Waals surface area contributed by atoms with Gasteiger partial charge in [0.25, 0.3) is 0 Å². The van der Waals surface area contributed by atoms with Crippen LogP contribution in [0.25, 0.3) is 0 Å². The van der Waals surface area contributed by atoms with Crippen LogP contribution in [-0.4, -0.2) is 5.78 Å². The van der Waals surface area contributed by atoms with E-state index in [4.69, 9.17) is 0 Å².